The normalized spacial score (nSPS) is 17.2. The van der Waals surface area contributed by atoms with E-state index in [1.165, 1.54) is 5.56 Å². The van der Waals surface area contributed by atoms with Crippen LogP contribution in [0.3, 0.4) is 0 Å². The third-order valence-corrected chi connectivity index (χ3v) is 4.75. The number of hydrogen-bond acceptors (Lipinski definition) is 6. The SMILES string of the molecule is CCOc1ncccc1C(C(=O)O)N1CCCN(Cc2ccncc2)CC1. The number of carboxylic acids is 1. The van der Waals surface area contributed by atoms with Gasteiger partial charge in [-0.3, -0.25) is 19.6 Å². The molecular weight excluding hydrogens is 344 g/mol. The largest absolute Gasteiger partial charge is 0.480 e. The lowest BCUT2D eigenvalue weighted by molar-refractivity contribution is -0.143. The van der Waals surface area contributed by atoms with Gasteiger partial charge < -0.3 is 9.84 Å². The zero-order valence-electron chi connectivity index (χ0n) is 15.6. The third-order valence-electron chi connectivity index (χ3n) is 4.75. The van der Waals surface area contributed by atoms with E-state index >= 15 is 0 Å². The average molecular weight is 370 g/mol. The Hall–Kier alpha value is -2.51. The molecule has 2 aromatic rings. The van der Waals surface area contributed by atoms with Crippen LogP contribution in [-0.2, 0) is 11.3 Å². The van der Waals surface area contributed by atoms with Crippen LogP contribution in [-0.4, -0.2) is 63.6 Å². The summed E-state index contributed by atoms with van der Waals surface area (Å²) in [5.74, 6) is -0.461. The van der Waals surface area contributed by atoms with Gasteiger partial charge in [0, 0.05) is 50.3 Å². The summed E-state index contributed by atoms with van der Waals surface area (Å²) in [7, 11) is 0. The Balaban J connectivity index is 1.73. The summed E-state index contributed by atoms with van der Waals surface area (Å²) in [5.41, 5.74) is 1.84. The molecule has 1 atom stereocenters. The molecule has 7 nitrogen and oxygen atoms in total. The van der Waals surface area contributed by atoms with Gasteiger partial charge in [-0.1, -0.05) is 0 Å². The molecule has 144 valence electrons. The van der Waals surface area contributed by atoms with Crippen molar-refractivity contribution in [3.8, 4) is 5.88 Å². The molecule has 0 aliphatic carbocycles. The van der Waals surface area contributed by atoms with Crippen molar-refractivity contribution in [1.82, 2.24) is 19.8 Å². The summed E-state index contributed by atoms with van der Waals surface area (Å²) in [6, 6.07) is 6.86. The lowest BCUT2D eigenvalue weighted by Gasteiger charge is -2.28. The molecule has 0 amide bonds. The number of carbonyl (C=O) groups is 1. The fourth-order valence-corrected chi connectivity index (χ4v) is 3.51. The number of nitrogens with zero attached hydrogens (tertiary/aromatic N) is 4. The summed E-state index contributed by atoms with van der Waals surface area (Å²) in [6.07, 6.45) is 6.15. The highest BCUT2D eigenvalue weighted by Gasteiger charge is 2.31. The smallest absolute Gasteiger partial charge is 0.325 e. The number of carboxylic acid groups (broad SMARTS) is 1. The summed E-state index contributed by atoms with van der Waals surface area (Å²) in [6.45, 7) is 6.35. The van der Waals surface area contributed by atoms with Crippen LogP contribution in [0.1, 0.15) is 30.5 Å². The minimum absolute atomic E-state index is 0.408. The van der Waals surface area contributed by atoms with E-state index in [2.05, 4.69) is 14.9 Å². The lowest BCUT2D eigenvalue weighted by Crippen LogP contribution is -2.37. The van der Waals surface area contributed by atoms with E-state index in [1.807, 2.05) is 24.0 Å². The van der Waals surface area contributed by atoms with Crippen LogP contribution in [0.2, 0.25) is 0 Å². The van der Waals surface area contributed by atoms with E-state index in [4.69, 9.17) is 4.74 Å². The van der Waals surface area contributed by atoms with Crippen molar-refractivity contribution in [2.24, 2.45) is 0 Å². The number of aliphatic carboxylic acids is 1. The Kier molecular flexibility index (Phi) is 6.73. The Morgan fingerprint density at radius 2 is 2.00 bits per heavy atom. The maximum atomic E-state index is 12.1. The molecule has 1 aliphatic heterocycles. The van der Waals surface area contributed by atoms with Gasteiger partial charge in [-0.25, -0.2) is 4.98 Å². The van der Waals surface area contributed by atoms with Crippen molar-refractivity contribution in [3.63, 3.8) is 0 Å². The third kappa shape index (κ3) is 5.02. The first kappa shape index (κ1) is 19.3. The fourth-order valence-electron chi connectivity index (χ4n) is 3.51. The minimum atomic E-state index is -0.869. The van der Waals surface area contributed by atoms with Gasteiger partial charge in [0.05, 0.1) is 6.61 Å². The summed E-state index contributed by atoms with van der Waals surface area (Å²) < 4.78 is 5.57. The zero-order chi connectivity index (χ0) is 19.1. The number of pyridine rings is 2. The van der Waals surface area contributed by atoms with Gasteiger partial charge in [0.1, 0.15) is 6.04 Å². The van der Waals surface area contributed by atoms with E-state index < -0.39 is 12.0 Å². The first-order valence-electron chi connectivity index (χ1n) is 9.35. The molecule has 7 heteroatoms. The van der Waals surface area contributed by atoms with Crippen LogP contribution in [0.25, 0.3) is 0 Å². The number of hydrogen-bond donors (Lipinski definition) is 1. The molecule has 1 N–H and O–H groups in total. The van der Waals surface area contributed by atoms with E-state index in [0.29, 0.717) is 24.6 Å². The van der Waals surface area contributed by atoms with Crippen molar-refractivity contribution in [2.75, 3.05) is 32.8 Å². The van der Waals surface area contributed by atoms with Crippen molar-refractivity contribution in [1.29, 1.82) is 0 Å². The van der Waals surface area contributed by atoms with Crippen LogP contribution in [0.4, 0.5) is 0 Å². The molecule has 0 saturated carbocycles. The predicted molar refractivity (Wildman–Crippen MR) is 101 cm³/mol. The molecule has 3 rings (SSSR count). The van der Waals surface area contributed by atoms with Crippen LogP contribution < -0.4 is 4.74 Å². The number of rotatable bonds is 7. The highest BCUT2D eigenvalue weighted by atomic mass is 16.5. The second kappa shape index (κ2) is 9.43. The molecule has 1 unspecified atom stereocenters. The molecule has 2 aromatic heterocycles. The Bertz CT molecular complexity index is 741. The summed E-state index contributed by atoms with van der Waals surface area (Å²) >= 11 is 0. The molecule has 0 spiro atoms. The average Bonchev–Trinajstić information content (AvgIpc) is 2.90. The van der Waals surface area contributed by atoms with Gasteiger partial charge in [0.25, 0.3) is 0 Å². The van der Waals surface area contributed by atoms with Crippen molar-refractivity contribution in [2.45, 2.75) is 25.9 Å². The van der Waals surface area contributed by atoms with Crippen LogP contribution in [0, 0.1) is 0 Å². The zero-order valence-corrected chi connectivity index (χ0v) is 15.6. The van der Waals surface area contributed by atoms with E-state index in [1.54, 1.807) is 30.7 Å². The van der Waals surface area contributed by atoms with Gasteiger partial charge >= 0.3 is 5.97 Å². The minimum Gasteiger partial charge on any atom is -0.480 e. The van der Waals surface area contributed by atoms with Crippen molar-refractivity contribution >= 4 is 5.97 Å². The maximum Gasteiger partial charge on any atom is 0.325 e. The fraction of sp³-hybridized carbons (Fsp3) is 0.450. The molecule has 1 fully saturated rings. The standard InChI is InChI=1S/C20H26N4O3/c1-2-27-19-17(5-3-8-22-19)18(20(25)26)24-12-4-11-23(13-14-24)15-16-6-9-21-10-7-16/h3,5-10,18H,2,4,11-15H2,1H3,(H,25,26). The van der Waals surface area contributed by atoms with Gasteiger partial charge in [-0.15, -0.1) is 0 Å². The quantitative estimate of drug-likeness (QED) is 0.800. The summed E-state index contributed by atoms with van der Waals surface area (Å²) in [5, 5.41) is 9.92. The molecule has 27 heavy (non-hydrogen) atoms. The Morgan fingerprint density at radius 3 is 2.74 bits per heavy atom. The molecular formula is C20H26N4O3. The molecule has 1 aliphatic rings. The molecule has 0 radical (unpaired) electrons. The molecule has 0 bridgehead atoms. The second-order valence-electron chi connectivity index (χ2n) is 6.59. The van der Waals surface area contributed by atoms with Gasteiger partial charge in [-0.2, -0.15) is 0 Å². The monoisotopic (exact) mass is 370 g/mol. The van der Waals surface area contributed by atoms with Crippen LogP contribution >= 0.6 is 0 Å². The molecule has 1 saturated heterocycles. The highest BCUT2D eigenvalue weighted by molar-refractivity contribution is 5.76. The first-order valence-corrected chi connectivity index (χ1v) is 9.35. The molecule has 3 heterocycles. The van der Waals surface area contributed by atoms with Crippen molar-refractivity contribution in [3.05, 3.63) is 54.0 Å². The number of ether oxygens (including phenoxy) is 1. The molecule has 0 aromatic carbocycles. The van der Waals surface area contributed by atoms with Crippen LogP contribution in [0.15, 0.2) is 42.9 Å². The van der Waals surface area contributed by atoms with Crippen molar-refractivity contribution < 1.29 is 14.6 Å². The second-order valence-corrected chi connectivity index (χ2v) is 6.59. The van der Waals surface area contributed by atoms with E-state index in [-0.39, 0.29) is 0 Å². The van der Waals surface area contributed by atoms with E-state index in [9.17, 15) is 9.90 Å². The highest BCUT2D eigenvalue weighted by Crippen LogP contribution is 2.29. The first-order chi connectivity index (χ1) is 13.2. The van der Waals surface area contributed by atoms with Gasteiger partial charge in [0.15, 0.2) is 0 Å². The maximum absolute atomic E-state index is 12.1. The van der Waals surface area contributed by atoms with Gasteiger partial charge in [-0.05, 0) is 49.7 Å². The van der Waals surface area contributed by atoms with Gasteiger partial charge in [0.2, 0.25) is 5.88 Å². The predicted octanol–water partition coefficient (Wildman–Crippen LogP) is 2.21. The topological polar surface area (TPSA) is 78.8 Å². The Morgan fingerprint density at radius 1 is 1.19 bits per heavy atom. The van der Waals surface area contributed by atoms with Crippen LogP contribution in [0.5, 0.6) is 5.88 Å². The number of aromatic nitrogens is 2. The summed E-state index contributed by atoms with van der Waals surface area (Å²) in [4.78, 5) is 24.8. The lowest BCUT2D eigenvalue weighted by atomic mass is 10.1. The van der Waals surface area contributed by atoms with E-state index in [0.717, 1.165) is 32.6 Å². The Labute approximate surface area is 159 Å².